The highest BCUT2D eigenvalue weighted by molar-refractivity contribution is 9.09. The van der Waals surface area contributed by atoms with Crippen molar-refractivity contribution in [1.29, 1.82) is 0 Å². The van der Waals surface area contributed by atoms with Crippen LogP contribution in [-0.4, -0.2) is 49.8 Å². The Morgan fingerprint density at radius 1 is 1.61 bits per heavy atom. The van der Waals surface area contributed by atoms with Crippen molar-refractivity contribution in [3.63, 3.8) is 0 Å². The number of carbonyl (C=O) groups is 2. The molecule has 2 N–H and O–H groups in total. The summed E-state index contributed by atoms with van der Waals surface area (Å²) in [5.41, 5.74) is -0.0293. The first-order chi connectivity index (χ1) is 8.54. The van der Waals surface area contributed by atoms with Gasteiger partial charge in [0.25, 0.3) is 0 Å². The van der Waals surface area contributed by atoms with E-state index in [2.05, 4.69) is 21.0 Å². The standard InChI is InChI=1S/C10H12BrN3O4/c11-6-3-8(16)13(5-6)9-7(10(17)18)4-12-14(9)1-2-15/h4,6,15H,1-3,5H2,(H,17,18). The first-order valence-corrected chi connectivity index (χ1v) is 6.30. The van der Waals surface area contributed by atoms with Gasteiger partial charge in [-0.15, -0.1) is 0 Å². The molecule has 0 saturated carbocycles. The van der Waals surface area contributed by atoms with E-state index in [0.717, 1.165) is 0 Å². The van der Waals surface area contributed by atoms with Gasteiger partial charge in [-0.1, -0.05) is 15.9 Å². The molecule has 1 aliphatic rings. The monoisotopic (exact) mass is 317 g/mol. The maximum Gasteiger partial charge on any atom is 0.341 e. The van der Waals surface area contributed by atoms with Crippen molar-refractivity contribution in [2.75, 3.05) is 18.1 Å². The number of carbonyl (C=O) groups excluding carboxylic acids is 1. The van der Waals surface area contributed by atoms with Crippen LogP contribution >= 0.6 is 15.9 Å². The molecule has 1 fully saturated rings. The average molecular weight is 318 g/mol. The Bertz CT molecular complexity index is 487. The number of hydrogen-bond acceptors (Lipinski definition) is 4. The fraction of sp³-hybridized carbons (Fsp3) is 0.500. The zero-order valence-corrected chi connectivity index (χ0v) is 11.0. The van der Waals surface area contributed by atoms with Gasteiger partial charge in [-0.2, -0.15) is 5.10 Å². The van der Waals surface area contributed by atoms with Crippen LogP contribution in [0.15, 0.2) is 6.20 Å². The van der Waals surface area contributed by atoms with Crippen molar-refractivity contribution in [3.05, 3.63) is 11.8 Å². The lowest BCUT2D eigenvalue weighted by molar-refractivity contribution is -0.117. The van der Waals surface area contributed by atoms with E-state index in [1.165, 1.54) is 15.8 Å². The van der Waals surface area contributed by atoms with Crippen molar-refractivity contribution in [1.82, 2.24) is 9.78 Å². The van der Waals surface area contributed by atoms with E-state index in [0.29, 0.717) is 13.0 Å². The molecule has 0 spiro atoms. The quantitative estimate of drug-likeness (QED) is 0.766. The number of aromatic nitrogens is 2. The van der Waals surface area contributed by atoms with E-state index in [1.807, 2.05) is 0 Å². The Balaban J connectivity index is 2.43. The number of carboxylic acids is 1. The zero-order chi connectivity index (χ0) is 13.3. The summed E-state index contributed by atoms with van der Waals surface area (Å²) in [7, 11) is 0. The van der Waals surface area contributed by atoms with E-state index < -0.39 is 5.97 Å². The molecule has 8 heteroatoms. The topological polar surface area (TPSA) is 95.7 Å². The molecule has 1 aromatic rings. The number of aliphatic hydroxyl groups excluding tert-OH is 1. The summed E-state index contributed by atoms with van der Waals surface area (Å²) in [6, 6.07) is 0. The van der Waals surface area contributed by atoms with Crippen LogP contribution in [0.1, 0.15) is 16.8 Å². The smallest absolute Gasteiger partial charge is 0.341 e. The van der Waals surface area contributed by atoms with Gasteiger partial charge in [0, 0.05) is 17.8 Å². The predicted octanol–water partition coefficient (Wildman–Crippen LogP) is 0.0738. The van der Waals surface area contributed by atoms with Gasteiger partial charge < -0.3 is 10.2 Å². The number of aromatic carboxylic acids is 1. The van der Waals surface area contributed by atoms with E-state index in [4.69, 9.17) is 10.2 Å². The normalized spacial score (nSPS) is 19.6. The lowest BCUT2D eigenvalue weighted by Crippen LogP contribution is -2.29. The molecule has 0 aromatic carbocycles. The summed E-state index contributed by atoms with van der Waals surface area (Å²) in [6.07, 6.45) is 1.52. The second kappa shape index (κ2) is 5.07. The van der Waals surface area contributed by atoms with Gasteiger partial charge in [0.1, 0.15) is 11.4 Å². The van der Waals surface area contributed by atoms with Gasteiger partial charge in [-0.3, -0.25) is 9.69 Å². The molecule has 2 rings (SSSR count). The second-order valence-corrected chi connectivity index (χ2v) is 5.23. The van der Waals surface area contributed by atoms with Crippen LogP contribution in [0.5, 0.6) is 0 Å². The summed E-state index contributed by atoms with van der Waals surface area (Å²) in [5, 5.41) is 21.9. The third kappa shape index (κ3) is 2.25. The van der Waals surface area contributed by atoms with Crippen molar-refractivity contribution in [3.8, 4) is 0 Å². The van der Waals surface area contributed by atoms with E-state index in [1.54, 1.807) is 0 Å². The molecular formula is C10H12BrN3O4. The Kier molecular flexibility index (Phi) is 3.67. The molecule has 1 aliphatic heterocycles. The highest BCUT2D eigenvalue weighted by atomic mass is 79.9. The number of amides is 1. The van der Waals surface area contributed by atoms with E-state index in [9.17, 15) is 9.59 Å². The van der Waals surface area contributed by atoms with Crippen molar-refractivity contribution in [2.45, 2.75) is 17.8 Å². The Morgan fingerprint density at radius 3 is 2.83 bits per heavy atom. The lowest BCUT2D eigenvalue weighted by atomic mass is 10.3. The molecule has 0 bridgehead atoms. The van der Waals surface area contributed by atoms with Crippen LogP contribution in [0.2, 0.25) is 0 Å². The van der Waals surface area contributed by atoms with Gasteiger partial charge in [-0.05, 0) is 0 Å². The van der Waals surface area contributed by atoms with Gasteiger partial charge >= 0.3 is 5.97 Å². The number of carboxylic acid groups (broad SMARTS) is 1. The first kappa shape index (κ1) is 13.0. The van der Waals surface area contributed by atoms with Crippen molar-refractivity contribution >= 4 is 33.6 Å². The minimum atomic E-state index is -1.14. The Labute approximate surface area is 111 Å². The molecule has 1 aromatic heterocycles. The molecular weight excluding hydrogens is 306 g/mol. The SMILES string of the molecule is O=C(O)c1cnn(CCO)c1N1CC(Br)CC1=O. The summed E-state index contributed by atoms with van der Waals surface area (Å²) in [5.74, 6) is -1.05. The fourth-order valence-electron chi connectivity index (χ4n) is 1.94. The van der Waals surface area contributed by atoms with Gasteiger partial charge in [0.05, 0.1) is 19.3 Å². The molecule has 1 unspecified atom stereocenters. The summed E-state index contributed by atoms with van der Waals surface area (Å²) < 4.78 is 1.34. The highest BCUT2D eigenvalue weighted by Crippen LogP contribution is 2.28. The van der Waals surface area contributed by atoms with E-state index >= 15 is 0 Å². The summed E-state index contributed by atoms with van der Waals surface area (Å²) in [6.45, 7) is 0.378. The number of hydrogen-bond donors (Lipinski definition) is 2. The molecule has 1 saturated heterocycles. The molecule has 1 amide bonds. The number of halogens is 1. The molecule has 2 heterocycles. The van der Waals surface area contributed by atoms with E-state index in [-0.39, 0.29) is 35.3 Å². The van der Waals surface area contributed by atoms with Gasteiger partial charge in [0.15, 0.2) is 0 Å². The predicted molar refractivity (Wildman–Crippen MR) is 66.0 cm³/mol. The van der Waals surface area contributed by atoms with Crippen LogP contribution in [0, 0.1) is 0 Å². The van der Waals surface area contributed by atoms with Crippen molar-refractivity contribution < 1.29 is 19.8 Å². The minimum absolute atomic E-state index is 0.00382. The molecule has 7 nitrogen and oxygen atoms in total. The molecule has 0 radical (unpaired) electrons. The largest absolute Gasteiger partial charge is 0.477 e. The summed E-state index contributed by atoms with van der Waals surface area (Å²) >= 11 is 3.34. The van der Waals surface area contributed by atoms with Gasteiger partial charge in [-0.25, -0.2) is 9.48 Å². The fourth-order valence-corrected chi connectivity index (χ4v) is 2.51. The lowest BCUT2D eigenvalue weighted by Gasteiger charge is -2.18. The highest BCUT2D eigenvalue weighted by Gasteiger charge is 2.34. The molecule has 0 aliphatic carbocycles. The second-order valence-electron chi connectivity index (χ2n) is 3.94. The zero-order valence-electron chi connectivity index (χ0n) is 9.41. The van der Waals surface area contributed by atoms with Crippen LogP contribution in [-0.2, 0) is 11.3 Å². The van der Waals surface area contributed by atoms with Crippen LogP contribution < -0.4 is 4.90 Å². The number of alkyl halides is 1. The first-order valence-electron chi connectivity index (χ1n) is 5.39. The van der Waals surface area contributed by atoms with Crippen LogP contribution in [0.25, 0.3) is 0 Å². The molecule has 1 atom stereocenters. The maximum atomic E-state index is 11.8. The van der Waals surface area contributed by atoms with Crippen LogP contribution in [0.3, 0.4) is 0 Å². The number of anilines is 1. The van der Waals surface area contributed by atoms with Crippen LogP contribution in [0.4, 0.5) is 5.82 Å². The Morgan fingerprint density at radius 2 is 2.33 bits per heavy atom. The van der Waals surface area contributed by atoms with Gasteiger partial charge in [0.2, 0.25) is 5.91 Å². The average Bonchev–Trinajstić information content (AvgIpc) is 2.82. The minimum Gasteiger partial charge on any atom is -0.477 e. The third-order valence-corrected chi connectivity index (χ3v) is 3.30. The number of aliphatic hydroxyl groups is 1. The third-order valence-electron chi connectivity index (χ3n) is 2.69. The molecule has 98 valence electrons. The number of nitrogens with zero attached hydrogens (tertiary/aromatic N) is 3. The maximum absolute atomic E-state index is 11.8. The molecule has 18 heavy (non-hydrogen) atoms. The summed E-state index contributed by atoms with van der Waals surface area (Å²) in [4.78, 5) is 24.3. The Hall–Kier alpha value is -1.41. The number of rotatable bonds is 4. The van der Waals surface area contributed by atoms with Crippen molar-refractivity contribution in [2.24, 2.45) is 0 Å².